The van der Waals surface area contributed by atoms with Gasteiger partial charge in [0.2, 0.25) is 11.0 Å². The minimum atomic E-state index is -0.302. The van der Waals surface area contributed by atoms with Crippen LogP contribution in [0, 0.1) is 0 Å². The van der Waals surface area contributed by atoms with Crippen LogP contribution in [-0.4, -0.2) is 75.6 Å². The Kier molecular flexibility index (Phi) is 7.55. The lowest BCUT2D eigenvalue weighted by atomic mass is 10.1. The molecule has 9 nitrogen and oxygen atoms in total. The molecule has 1 atom stereocenters. The molecule has 0 bridgehead atoms. The van der Waals surface area contributed by atoms with Crippen molar-refractivity contribution >= 4 is 22.4 Å². The van der Waals surface area contributed by atoms with Crippen molar-refractivity contribution in [2.45, 2.75) is 6.10 Å². The molecule has 1 aromatic carbocycles. The first-order valence-corrected chi connectivity index (χ1v) is 12.6. The molecular weight excluding hydrogens is 474 g/mol. The van der Waals surface area contributed by atoms with Crippen LogP contribution < -0.4 is 10.1 Å². The zero-order valence-electron chi connectivity index (χ0n) is 19.9. The summed E-state index contributed by atoms with van der Waals surface area (Å²) >= 11 is 1.30. The van der Waals surface area contributed by atoms with Crippen molar-refractivity contribution in [2.24, 2.45) is 0 Å². The third-order valence-electron chi connectivity index (χ3n) is 6.03. The van der Waals surface area contributed by atoms with Gasteiger partial charge in [-0.25, -0.2) is 4.98 Å². The summed E-state index contributed by atoms with van der Waals surface area (Å²) < 4.78 is 6.31. The van der Waals surface area contributed by atoms with Gasteiger partial charge in [-0.1, -0.05) is 41.7 Å². The summed E-state index contributed by atoms with van der Waals surface area (Å²) in [6.45, 7) is 4.87. The van der Waals surface area contributed by atoms with Gasteiger partial charge in [-0.15, -0.1) is 10.2 Å². The monoisotopic (exact) mass is 501 g/mol. The van der Waals surface area contributed by atoms with Crippen LogP contribution in [0.25, 0.3) is 10.6 Å². The fourth-order valence-corrected chi connectivity index (χ4v) is 4.67. The number of piperazine rings is 1. The number of likely N-dealkylation sites (N-methyl/N-ethyl adjacent to an activating group) is 1. The molecule has 4 heterocycles. The van der Waals surface area contributed by atoms with Gasteiger partial charge < -0.3 is 9.64 Å². The Bertz CT molecular complexity index is 1260. The van der Waals surface area contributed by atoms with Gasteiger partial charge in [-0.3, -0.25) is 20.0 Å². The fourth-order valence-electron chi connectivity index (χ4n) is 3.93. The molecule has 1 saturated heterocycles. The van der Waals surface area contributed by atoms with Crippen LogP contribution in [-0.2, 0) is 0 Å². The van der Waals surface area contributed by atoms with Crippen molar-refractivity contribution in [2.75, 3.05) is 45.1 Å². The smallest absolute Gasteiger partial charge is 0.259 e. The molecule has 1 unspecified atom stereocenters. The minimum absolute atomic E-state index is 0.158. The second-order valence-corrected chi connectivity index (χ2v) is 9.59. The molecule has 0 aliphatic carbocycles. The Morgan fingerprint density at radius 1 is 1.03 bits per heavy atom. The number of pyridine rings is 2. The molecule has 4 aromatic rings. The first-order valence-electron chi connectivity index (χ1n) is 11.8. The van der Waals surface area contributed by atoms with Crippen LogP contribution in [0.4, 0.5) is 5.13 Å². The number of aromatic nitrogens is 4. The average Bonchev–Trinajstić information content (AvgIpc) is 3.39. The maximum Gasteiger partial charge on any atom is 0.259 e. The Balaban J connectivity index is 1.23. The van der Waals surface area contributed by atoms with Gasteiger partial charge in [0.15, 0.2) is 0 Å². The Morgan fingerprint density at radius 2 is 1.81 bits per heavy atom. The van der Waals surface area contributed by atoms with E-state index in [1.807, 2.05) is 30.3 Å². The van der Waals surface area contributed by atoms with E-state index in [0.717, 1.165) is 43.9 Å². The Labute approximate surface area is 213 Å². The molecule has 1 fully saturated rings. The minimum Gasteiger partial charge on any atom is -0.468 e. The van der Waals surface area contributed by atoms with Crippen LogP contribution in [0.2, 0.25) is 0 Å². The molecule has 1 aliphatic heterocycles. The molecule has 36 heavy (non-hydrogen) atoms. The van der Waals surface area contributed by atoms with Crippen LogP contribution in [0.3, 0.4) is 0 Å². The van der Waals surface area contributed by atoms with E-state index in [-0.39, 0.29) is 12.0 Å². The van der Waals surface area contributed by atoms with Crippen molar-refractivity contribution in [3.8, 4) is 16.5 Å². The Hall–Kier alpha value is -3.73. The second-order valence-electron chi connectivity index (χ2n) is 8.61. The number of nitrogens with one attached hydrogen (secondary N) is 1. The number of anilines is 1. The molecular formula is C26H27N7O2S. The number of carbonyl (C=O) groups is 1. The van der Waals surface area contributed by atoms with Crippen molar-refractivity contribution in [1.82, 2.24) is 30.0 Å². The topological polar surface area (TPSA) is 96.4 Å². The van der Waals surface area contributed by atoms with Crippen molar-refractivity contribution in [3.63, 3.8) is 0 Å². The van der Waals surface area contributed by atoms with E-state index in [1.165, 1.54) is 17.5 Å². The number of carbonyl (C=O) groups excluding carboxylic acids is 1. The van der Waals surface area contributed by atoms with Gasteiger partial charge in [0.25, 0.3) is 5.91 Å². The number of ether oxygens (including phenoxy) is 1. The molecule has 3 aromatic heterocycles. The summed E-state index contributed by atoms with van der Waals surface area (Å²) in [7, 11) is 2.15. The lowest BCUT2D eigenvalue weighted by Gasteiger charge is -2.34. The van der Waals surface area contributed by atoms with E-state index in [1.54, 1.807) is 24.5 Å². The van der Waals surface area contributed by atoms with Crippen molar-refractivity contribution in [1.29, 1.82) is 0 Å². The van der Waals surface area contributed by atoms with Crippen LogP contribution in [0.15, 0.2) is 73.2 Å². The van der Waals surface area contributed by atoms with E-state index in [4.69, 9.17) is 4.74 Å². The van der Waals surface area contributed by atoms with Gasteiger partial charge in [0.1, 0.15) is 11.1 Å². The number of hydrogen-bond acceptors (Lipinski definition) is 9. The lowest BCUT2D eigenvalue weighted by molar-refractivity contribution is 0.0908. The summed E-state index contributed by atoms with van der Waals surface area (Å²) in [5, 5.41) is 12.1. The highest BCUT2D eigenvalue weighted by atomic mass is 32.1. The third kappa shape index (κ3) is 6.09. The second kappa shape index (κ2) is 11.3. The Morgan fingerprint density at radius 3 is 2.53 bits per heavy atom. The van der Waals surface area contributed by atoms with E-state index < -0.39 is 0 Å². The molecule has 184 valence electrons. The summed E-state index contributed by atoms with van der Waals surface area (Å²) in [6, 6.07) is 17.3. The quantitative estimate of drug-likeness (QED) is 0.391. The third-order valence-corrected chi connectivity index (χ3v) is 6.91. The molecule has 10 heteroatoms. The highest BCUT2D eigenvalue weighted by Crippen LogP contribution is 2.26. The van der Waals surface area contributed by atoms with Crippen LogP contribution >= 0.6 is 11.3 Å². The van der Waals surface area contributed by atoms with Gasteiger partial charge in [-0.05, 0) is 30.8 Å². The van der Waals surface area contributed by atoms with E-state index in [9.17, 15) is 4.79 Å². The molecule has 1 N–H and O–H groups in total. The zero-order valence-corrected chi connectivity index (χ0v) is 20.8. The summed E-state index contributed by atoms with van der Waals surface area (Å²) in [5.41, 5.74) is 2.41. The van der Waals surface area contributed by atoms with E-state index in [0.29, 0.717) is 21.6 Å². The standard InChI is InChI=1S/C26H27N7O2S/c1-32-13-15-33(16-14-32)18-22(19-5-3-2-4-6-19)35-23-8-7-21(17-28-23)24(34)29-26-31-30-25(36-26)20-9-11-27-12-10-20/h2-12,17,22H,13-16,18H2,1H3,(H,29,31,34). The van der Waals surface area contributed by atoms with E-state index >= 15 is 0 Å². The van der Waals surface area contributed by atoms with Crippen molar-refractivity contribution in [3.05, 3.63) is 84.3 Å². The summed E-state index contributed by atoms with van der Waals surface area (Å²) in [5.74, 6) is 0.175. The highest BCUT2D eigenvalue weighted by molar-refractivity contribution is 7.18. The number of amides is 1. The highest BCUT2D eigenvalue weighted by Gasteiger charge is 2.22. The molecule has 0 saturated carbocycles. The number of nitrogens with zero attached hydrogens (tertiary/aromatic N) is 6. The van der Waals surface area contributed by atoms with Crippen LogP contribution in [0.1, 0.15) is 22.0 Å². The molecule has 1 aliphatic rings. The molecule has 0 spiro atoms. The first-order chi connectivity index (χ1) is 17.6. The number of benzene rings is 1. The van der Waals surface area contributed by atoms with Gasteiger partial charge in [0.05, 0.1) is 5.56 Å². The zero-order chi connectivity index (χ0) is 24.7. The normalized spacial score (nSPS) is 15.4. The fraction of sp³-hybridized carbons (Fsp3) is 0.269. The molecule has 0 radical (unpaired) electrons. The van der Waals surface area contributed by atoms with E-state index in [2.05, 4.69) is 54.5 Å². The first kappa shape index (κ1) is 24.0. The predicted octanol–water partition coefficient (Wildman–Crippen LogP) is 3.61. The predicted molar refractivity (Wildman–Crippen MR) is 139 cm³/mol. The largest absolute Gasteiger partial charge is 0.468 e. The SMILES string of the molecule is CN1CCN(CC(Oc2ccc(C(=O)Nc3nnc(-c4ccncc4)s3)cn2)c2ccccc2)CC1. The van der Waals surface area contributed by atoms with Gasteiger partial charge in [0, 0.05) is 62.9 Å². The van der Waals surface area contributed by atoms with Gasteiger partial charge >= 0.3 is 0 Å². The maximum atomic E-state index is 12.7. The average molecular weight is 502 g/mol. The number of rotatable bonds is 8. The molecule has 5 rings (SSSR count). The number of hydrogen-bond donors (Lipinski definition) is 1. The maximum absolute atomic E-state index is 12.7. The summed E-state index contributed by atoms with van der Waals surface area (Å²) in [4.78, 5) is 25.9. The van der Waals surface area contributed by atoms with Crippen LogP contribution in [0.5, 0.6) is 5.88 Å². The van der Waals surface area contributed by atoms with Gasteiger partial charge in [-0.2, -0.15) is 0 Å². The summed E-state index contributed by atoms with van der Waals surface area (Å²) in [6.07, 6.45) is 4.75. The molecule has 1 amide bonds. The lowest BCUT2D eigenvalue weighted by Crippen LogP contribution is -2.46. The van der Waals surface area contributed by atoms with Crippen molar-refractivity contribution < 1.29 is 9.53 Å².